The Balaban J connectivity index is 1.46. The average Bonchev–Trinajstić information content (AvgIpc) is 2.91. The van der Waals surface area contributed by atoms with Gasteiger partial charge in [-0.2, -0.15) is 0 Å². The van der Waals surface area contributed by atoms with E-state index in [4.69, 9.17) is 0 Å². The number of fused-ring (bicyclic) bond motifs is 3. The Morgan fingerprint density at radius 2 is 1.98 bits per heavy atom. The fraction of sp³-hybridized carbons (Fsp3) is 0.667. The number of rotatable bonds is 7. The van der Waals surface area contributed by atoms with Crippen molar-refractivity contribution in [1.82, 2.24) is 10.2 Å². The predicted octanol–water partition coefficient (Wildman–Crippen LogP) is 5.98. The molecular formula is C33H48N2O4S. The van der Waals surface area contributed by atoms with E-state index in [0.29, 0.717) is 41.8 Å². The summed E-state index contributed by atoms with van der Waals surface area (Å²) in [6.07, 6.45) is 12.7. The summed E-state index contributed by atoms with van der Waals surface area (Å²) in [5.74, 6) is 0.0562. The van der Waals surface area contributed by atoms with Crippen LogP contribution < -0.4 is 5.32 Å². The number of nitrogens with one attached hydrogen (secondary N) is 1. The van der Waals surface area contributed by atoms with Gasteiger partial charge in [0.2, 0.25) is 0 Å². The van der Waals surface area contributed by atoms with Gasteiger partial charge in [-0.15, -0.1) is 6.58 Å². The molecule has 0 aromatic heterocycles. The predicted molar refractivity (Wildman–Crippen MR) is 160 cm³/mol. The molecule has 0 bridgehead atoms. The van der Waals surface area contributed by atoms with Crippen LogP contribution in [0.1, 0.15) is 77.7 Å². The molecule has 7 atom stereocenters. The number of benzene rings is 1. The van der Waals surface area contributed by atoms with Gasteiger partial charge in [0.25, 0.3) is 0 Å². The Labute approximate surface area is 241 Å². The second kappa shape index (κ2) is 10.7. The Hall–Kier alpha value is -1.96. The number of carboxylic acids is 1. The normalized spacial score (nSPS) is 37.5. The Kier molecular flexibility index (Phi) is 7.90. The number of carbonyl (C=O) groups is 1. The van der Waals surface area contributed by atoms with Crippen molar-refractivity contribution < 1.29 is 18.3 Å². The summed E-state index contributed by atoms with van der Waals surface area (Å²) in [6, 6.07) is 6.18. The minimum absolute atomic E-state index is 0.0670. The van der Waals surface area contributed by atoms with Gasteiger partial charge in [0.15, 0.2) is 9.84 Å². The molecular weight excluding hydrogens is 520 g/mol. The molecule has 2 N–H and O–H groups in total. The summed E-state index contributed by atoms with van der Waals surface area (Å²) in [5, 5.41) is 13.0. The van der Waals surface area contributed by atoms with Crippen molar-refractivity contribution in [2.45, 2.75) is 95.4 Å². The fourth-order valence-electron chi connectivity index (χ4n) is 9.14. The van der Waals surface area contributed by atoms with Crippen LogP contribution in [0.15, 0.2) is 53.5 Å². The molecule has 1 aromatic rings. The molecule has 4 aliphatic rings. The molecule has 7 heteroatoms. The highest BCUT2D eigenvalue weighted by Crippen LogP contribution is 2.64. The molecule has 2 saturated carbocycles. The highest BCUT2D eigenvalue weighted by Gasteiger charge is 2.56. The first-order valence-electron chi connectivity index (χ1n) is 15.2. The van der Waals surface area contributed by atoms with Crippen LogP contribution >= 0.6 is 0 Å². The van der Waals surface area contributed by atoms with Gasteiger partial charge < -0.3 is 10.4 Å². The van der Waals surface area contributed by atoms with Crippen molar-refractivity contribution in [3.05, 3.63) is 54.1 Å². The molecule has 6 nitrogen and oxygen atoms in total. The molecule has 1 saturated heterocycles. The summed E-state index contributed by atoms with van der Waals surface area (Å²) in [5.41, 5.74) is 2.34. The van der Waals surface area contributed by atoms with Crippen LogP contribution in [0.25, 0.3) is 0 Å². The van der Waals surface area contributed by atoms with Gasteiger partial charge in [0.05, 0.1) is 4.90 Å². The minimum atomic E-state index is -3.76. The van der Waals surface area contributed by atoms with Gasteiger partial charge in [0, 0.05) is 19.6 Å². The summed E-state index contributed by atoms with van der Waals surface area (Å²) < 4.78 is 27.9. The van der Waals surface area contributed by atoms with Gasteiger partial charge in [-0.05, 0) is 91.6 Å². The topological polar surface area (TPSA) is 86.7 Å². The molecule has 220 valence electrons. The zero-order valence-corrected chi connectivity index (χ0v) is 25.6. The van der Waals surface area contributed by atoms with Crippen LogP contribution in [0.2, 0.25) is 0 Å². The van der Waals surface area contributed by atoms with E-state index in [2.05, 4.69) is 44.8 Å². The van der Waals surface area contributed by atoms with E-state index in [-0.39, 0.29) is 22.8 Å². The molecule has 5 rings (SSSR count). The number of allylic oxidation sites excluding steroid dienone is 3. The summed E-state index contributed by atoms with van der Waals surface area (Å²) >= 11 is 0. The summed E-state index contributed by atoms with van der Waals surface area (Å²) in [4.78, 5) is 15.1. The molecule has 1 aliphatic heterocycles. The average molecular weight is 569 g/mol. The molecule has 0 radical (unpaired) electrons. The van der Waals surface area contributed by atoms with E-state index in [1.54, 1.807) is 35.6 Å². The van der Waals surface area contributed by atoms with Gasteiger partial charge in [0.1, 0.15) is 11.4 Å². The monoisotopic (exact) mass is 568 g/mol. The van der Waals surface area contributed by atoms with Crippen LogP contribution in [0, 0.1) is 35.0 Å². The lowest BCUT2D eigenvalue weighted by atomic mass is 9.45. The molecule has 3 fully saturated rings. The van der Waals surface area contributed by atoms with Crippen LogP contribution in [-0.2, 0) is 14.6 Å². The largest absolute Gasteiger partial charge is 0.480 e. The van der Waals surface area contributed by atoms with Gasteiger partial charge >= 0.3 is 5.97 Å². The lowest BCUT2D eigenvalue weighted by Crippen LogP contribution is -2.61. The second-order valence-electron chi connectivity index (χ2n) is 13.9. The smallest absolute Gasteiger partial charge is 0.320 e. The van der Waals surface area contributed by atoms with E-state index in [1.807, 2.05) is 6.07 Å². The summed E-state index contributed by atoms with van der Waals surface area (Å²) in [7, 11) is -3.76. The lowest BCUT2D eigenvalue weighted by Gasteiger charge is -2.60. The third kappa shape index (κ3) is 5.00. The number of hydrogen-bond acceptors (Lipinski definition) is 5. The third-order valence-electron chi connectivity index (χ3n) is 11.3. The van der Waals surface area contributed by atoms with Gasteiger partial charge in [-0.3, -0.25) is 9.69 Å². The van der Waals surface area contributed by atoms with Gasteiger partial charge in [-0.25, -0.2) is 8.42 Å². The van der Waals surface area contributed by atoms with Crippen molar-refractivity contribution in [1.29, 1.82) is 0 Å². The highest BCUT2D eigenvalue weighted by molar-refractivity contribution is 7.92. The van der Waals surface area contributed by atoms with Crippen molar-refractivity contribution >= 4 is 15.8 Å². The maximum absolute atomic E-state index is 13.9. The summed E-state index contributed by atoms with van der Waals surface area (Å²) in [6.45, 7) is 14.2. The van der Waals surface area contributed by atoms with Crippen LogP contribution in [0.3, 0.4) is 0 Å². The first kappa shape index (κ1) is 29.5. The third-order valence-corrected chi connectivity index (χ3v) is 13.5. The number of hydrogen-bond donors (Lipinski definition) is 2. The first-order chi connectivity index (χ1) is 18.8. The molecule has 1 heterocycles. The van der Waals surface area contributed by atoms with Crippen LogP contribution in [-0.4, -0.2) is 55.4 Å². The van der Waals surface area contributed by atoms with Crippen molar-refractivity contribution in [3.8, 4) is 0 Å². The number of piperazine rings is 1. The Bertz CT molecular complexity index is 1290. The standard InChI is InChI=1S/C33H48N2O4S/c1-6-31(3)17-14-25-24(20-31)12-13-28-32(4,15-9-16-33(25,28)5)21-26(30(36)37)35-19-18-34-22-29(35)40(38,39)27-11-8-7-10-23(27)2/h6-8,10-11,14,24,26,28-29,34H,1,9,12-13,15-22H2,2-5H3,(H,36,37)/t24?,26?,28?,29?,31-,32+,33-/m1/s1. The Morgan fingerprint density at radius 3 is 2.67 bits per heavy atom. The van der Waals surface area contributed by atoms with E-state index in [1.165, 1.54) is 0 Å². The molecule has 0 spiro atoms. The highest BCUT2D eigenvalue weighted by atomic mass is 32.2. The van der Waals surface area contributed by atoms with Crippen molar-refractivity contribution in [3.63, 3.8) is 0 Å². The molecule has 0 amide bonds. The number of aryl methyl sites for hydroxylation is 1. The zero-order chi connectivity index (χ0) is 28.9. The van der Waals surface area contributed by atoms with Crippen LogP contribution in [0.4, 0.5) is 0 Å². The quantitative estimate of drug-likeness (QED) is 0.394. The van der Waals surface area contributed by atoms with Crippen molar-refractivity contribution in [2.75, 3.05) is 19.6 Å². The molecule has 4 unspecified atom stereocenters. The van der Waals surface area contributed by atoms with Crippen LogP contribution in [0.5, 0.6) is 0 Å². The SMILES string of the molecule is C=C[C@]1(C)CC=C2C(CCC3[C@](C)(CC(C(=O)O)N4CCNCC4S(=O)(=O)c4ccccc4C)CCC[C@]23C)C1. The Morgan fingerprint density at radius 1 is 1.23 bits per heavy atom. The maximum Gasteiger partial charge on any atom is 0.320 e. The molecule has 40 heavy (non-hydrogen) atoms. The first-order valence-corrected chi connectivity index (χ1v) is 16.7. The zero-order valence-electron chi connectivity index (χ0n) is 24.8. The number of aliphatic carboxylic acids is 1. The van der Waals surface area contributed by atoms with E-state index in [9.17, 15) is 18.3 Å². The van der Waals surface area contributed by atoms with E-state index in [0.717, 1.165) is 44.9 Å². The number of sulfone groups is 1. The minimum Gasteiger partial charge on any atom is -0.480 e. The van der Waals surface area contributed by atoms with E-state index < -0.39 is 27.2 Å². The molecule has 1 aromatic carbocycles. The lowest BCUT2D eigenvalue weighted by molar-refractivity contribution is -0.147. The number of nitrogens with zero attached hydrogens (tertiary/aromatic N) is 1. The number of carboxylic acid groups (broad SMARTS) is 1. The maximum atomic E-state index is 13.9. The van der Waals surface area contributed by atoms with E-state index >= 15 is 0 Å². The van der Waals surface area contributed by atoms with Crippen molar-refractivity contribution in [2.24, 2.45) is 28.1 Å². The fourth-order valence-corrected chi connectivity index (χ4v) is 11.2. The molecule has 3 aliphatic carbocycles. The van der Waals surface area contributed by atoms with Gasteiger partial charge in [-0.1, -0.05) is 63.1 Å². The second-order valence-corrected chi connectivity index (χ2v) is 16.0.